The quantitative estimate of drug-likeness (QED) is 0.901. The first-order valence-corrected chi connectivity index (χ1v) is 9.55. The van der Waals surface area contributed by atoms with Gasteiger partial charge in [0.15, 0.2) is 0 Å². The maximum absolute atomic E-state index is 12.4. The summed E-state index contributed by atoms with van der Waals surface area (Å²) in [5, 5.41) is 0.384. The van der Waals surface area contributed by atoms with E-state index in [2.05, 4.69) is 9.62 Å². The predicted octanol–water partition coefficient (Wildman–Crippen LogP) is 3.37. The van der Waals surface area contributed by atoms with Crippen LogP contribution in [0.1, 0.15) is 6.92 Å². The lowest BCUT2D eigenvalue weighted by atomic mass is 10.2. The summed E-state index contributed by atoms with van der Waals surface area (Å²) in [5.74, 6) is 0. The number of hydrogen-bond acceptors (Lipinski definition) is 4. The molecule has 1 aliphatic heterocycles. The Labute approximate surface area is 147 Å². The Hall–Kier alpha value is -1.76. The van der Waals surface area contributed by atoms with Crippen LogP contribution < -0.4 is 9.62 Å². The molecule has 0 bridgehead atoms. The number of ether oxygens (including phenoxy) is 1. The van der Waals surface area contributed by atoms with Crippen molar-refractivity contribution in [2.24, 2.45) is 0 Å². The molecule has 1 saturated heterocycles. The minimum Gasteiger partial charge on any atom is -0.375 e. The largest absolute Gasteiger partial charge is 0.375 e. The van der Waals surface area contributed by atoms with E-state index in [9.17, 15) is 8.42 Å². The highest BCUT2D eigenvalue weighted by Crippen LogP contribution is 2.23. The standard InChI is InChI=1S/C17H19ClN2O3S/c1-13-12-20(9-10-23-13)16-7-5-15(6-8-16)19-24(21,22)17-4-2-3-14(18)11-17/h2-8,11,13,19H,9-10,12H2,1H3. The summed E-state index contributed by atoms with van der Waals surface area (Å²) >= 11 is 5.86. The van der Waals surface area contributed by atoms with Crippen LogP contribution in [0, 0.1) is 0 Å². The lowest BCUT2D eigenvalue weighted by molar-refractivity contribution is 0.0532. The van der Waals surface area contributed by atoms with Gasteiger partial charge in [-0.05, 0) is 49.4 Å². The zero-order chi connectivity index (χ0) is 17.2. The van der Waals surface area contributed by atoms with Crippen molar-refractivity contribution in [3.05, 3.63) is 53.6 Å². The van der Waals surface area contributed by atoms with Gasteiger partial charge in [0.1, 0.15) is 0 Å². The molecule has 1 aliphatic rings. The van der Waals surface area contributed by atoms with Gasteiger partial charge in [-0.2, -0.15) is 0 Å². The SMILES string of the molecule is CC1CN(c2ccc(NS(=O)(=O)c3cccc(Cl)c3)cc2)CCO1. The third-order valence-corrected chi connectivity index (χ3v) is 5.45. The van der Waals surface area contributed by atoms with E-state index in [0.29, 0.717) is 17.3 Å². The molecule has 0 aliphatic carbocycles. The number of rotatable bonds is 4. The number of sulfonamides is 1. The Balaban J connectivity index is 1.74. The molecule has 0 radical (unpaired) electrons. The van der Waals surface area contributed by atoms with Gasteiger partial charge in [-0.1, -0.05) is 17.7 Å². The molecule has 0 amide bonds. The zero-order valence-corrected chi connectivity index (χ0v) is 14.8. The van der Waals surface area contributed by atoms with Crippen molar-refractivity contribution in [2.75, 3.05) is 29.3 Å². The Kier molecular flexibility index (Phi) is 4.99. The molecule has 1 unspecified atom stereocenters. The molecule has 24 heavy (non-hydrogen) atoms. The first kappa shape index (κ1) is 17.1. The number of morpholine rings is 1. The minimum atomic E-state index is -3.65. The number of nitrogens with zero attached hydrogens (tertiary/aromatic N) is 1. The van der Waals surface area contributed by atoms with Crippen LogP contribution in [0.5, 0.6) is 0 Å². The van der Waals surface area contributed by atoms with Crippen molar-refractivity contribution >= 4 is 33.0 Å². The second-order valence-corrected chi connectivity index (χ2v) is 7.86. The van der Waals surface area contributed by atoms with Crippen molar-refractivity contribution in [2.45, 2.75) is 17.9 Å². The van der Waals surface area contributed by atoms with Crippen molar-refractivity contribution in [3.8, 4) is 0 Å². The molecule has 0 aromatic heterocycles. The highest BCUT2D eigenvalue weighted by molar-refractivity contribution is 7.92. The van der Waals surface area contributed by atoms with E-state index >= 15 is 0 Å². The lowest BCUT2D eigenvalue weighted by Crippen LogP contribution is -2.41. The number of halogens is 1. The Morgan fingerprint density at radius 2 is 1.96 bits per heavy atom. The van der Waals surface area contributed by atoms with E-state index in [-0.39, 0.29) is 11.0 Å². The summed E-state index contributed by atoms with van der Waals surface area (Å²) in [4.78, 5) is 2.37. The van der Waals surface area contributed by atoms with E-state index in [1.165, 1.54) is 12.1 Å². The molecule has 1 atom stereocenters. The van der Waals surface area contributed by atoms with E-state index in [1.54, 1.807) is 24.3 Å². The first-order valence-electron chi connectivity index (χ1n) is 7.69. The van der Waals surface area contributed by atoms with E-state index in [4.69, 9.17) is 16.3 Å². The van der Waals surface area contributed by atoms with Crippen LogP contribution in [0.4, 0.5) is 11.4 Å². The maximum atomic E-state index is 12.4. The number of nitrogens with one attached hydrogen (secondary N) is 1. The maximum Gasteiger partial charge on any atom is 0.261 e. The van der Waals surface area contributed by atoms with Crippen LogP contribution in [0.3, 0.4) is 0 Å². The fourth-order valence-corrected chi connectivity index (χ4v) is 4.00. The number of hydrogen-bond donors (Lipinski definition) is 1. The van der Waals surface area contributed by atoms with Crippen molar-refractivity contribution in [3.63, 3.8) is 0 Å². The topological polar surface area (TPSA) is 58.6 Å². The normalized spacial score (nSPS) is 18.4. The van der Waals surface area contributed by atoms with Crippen molar-refractivity contribution in [1.82, 2.24) is 0 Å². The van der Waals surface area contributed by atoms with Gasteiger partial charge in [-0.3, -0.25) is 4.72 Å². The summed E-state index contributed by atoms with van der Waals surface area (Å²) in [7, 11) is -3.65. The summed E-state index contributed by atoms with van der Waals surface area (Å²) in [5.41, 5.74) is 1.57. The second kappa shape index (κ2) is 7.01. The third-order valence-electron chi connectivity index (χ3n) is 3.83. The molecule has 0 spiro atoms. The van der Waals surface area contributed by atoms with Gasteiger partial charge in [0.2, 0.25) is 0 Å². The molecule has 2 aromatic carbocycles. The zero-order valence-electron chi connectivity index (χ0n) is 13.3. The summed E-state index contributed by atoms with van der Waals surface area (Å²) < 4.78 is 32.9. The Morgan fingerprint density at radius 1 is 1.21 bits per heavy atom. The fraction of sp³-hybridized carbons (Fsp3) is 0.294. The smallest absolute Gasteiger partial charge is 0.261 e. The van der Waals surface area contributed by atoms with Gasteiger partial charge < -0.3 is 9.64 Å². The summed E-state index contributed by atoms with van der Waals surface area (Å²) in [6.07, 6.45) is 0.194. The molecule has 3 rings (SSSR count). The molecule has 128 valence electrons. The molecule has 0 saturated carbocycles. The predicted molar refractivity (Wildman–Crippen MR) is 96.3 cm³/mol. The van der Waals surface area contributed by atoms with E-state index in [0.717, 1.165) is 18.8 Å². The first-order chi connectivity index (χ1) is 11.4. The van der Waals surface area contributed by atoms with Crippen LogP contribution in [-0.2, 0) is 14.8 Å². The highest BCUT2D eigenvalue weighted by atomic mass is 35.5. The van der Waals surface area contributed by atoms with Gasteiger partial charge in [-0.15, -0.1) is 0 Å². The molecule has 7 heteroatoms. The van der Waals surface area contributed by atoms with Crippen LogP contribution in [0.15, 0.2) is 53.4 Å². The van der Waals surface area contributed by atoms with Crippen LogP contribution >= 0.6 is 11.6 Å². The van der Waals surface area contributed by atoms with Gasteiger partial charge >= 0.3 is 0 Å². The second-order valence-electron chi connectivity index (χ2n) is 5.74. The molecule has 2 aromatic rings. The van der Waals surface area contributed by atoms with Crippen LogP contribution in [0.2, 0.25) is 5.02 Å². The van der Waals surface area contributed by atoms with Gasteiger partial charge in [-0.25, -0.2) is 8.42 Å². The monoisotopic (exact) mass is 366 g/mol. The molecular weight excluding hydrogens is 348 g/mol. The Morgan fingerprint density at radius 3 is 2.62 bits per heavy atom. The third kappa shape index (κ3) is 4.01. The minimum absolute atomic E-state index is 0.140. The average Bonchev–Trinajstić information content (AvgIpc) is 2.55. The molecule has 5 nitrogen and oxygen atoms in total. The number of benzene rings is 2. The molecule has 1 fully saturated rings. The summed E-state index contributed by atoms with van der Waals surface area (Å²) in [6, 6.07) is 13.5. The van der Waals surface area contributed by atoms with E-state index in [1.807, 2.05) is 19.1 Å². The van der Waals surface area contributed by atoms with Gasteiger partial charge in [0, 0.05) is 29.5 Å². The number of anilines is 2. The molecule has 1 N–H and O–H groups in total. The molecular formula is C17H19ClN2O3S. The van der Waals surface area contributed by atoms with E-state index < -0.39 is 10.0 Å². The van der Waals surface area contributed by atoms with Crippen LogP contribution in [-0.4, -0.2) is 34.2 Å². The average molecular weight is 367 g/mol. The van der Waals surface area contributed by atoms with Gasteiger partial charge in [0.25, 0.3) is 10.0 Å². The highest BCUT2D eigenvalue weighted by Gasteiger charge is 2.18. The molecule has 1 heterocycles. The fourth-order valence-electron chi connectivity index (χ4n) is 2.64. The Bertz CT molecular complexity index is 809. The lowest BCUT2D eigenvalue weighted by Gasteiger charge is -2.33. The van der Waals surface area contributed by atoms with Gasteiger partial charge in [0.05, 0.1) is 17.6 Å². The summed E-state index contributed by atoms with van der Waals surface area (Å²) in [6.45, 7) is 4.40. The van der Waals surface area contributed by atoms with Crippen molar-refractivity contribution < 1.29 is 13.2 Å². The van der Waals surface area contributed by atoms with Crippen molar-refractivity contribution in [1.29, 1.82) is 0 Å². The van der Waals surface area contributed by atoms with Crippen LogP contribution in [0.25, 0.3) is 0 Å².